The van der Waals surface area contributed by atoms with Gasteiger partial charge in [-0.25, -0.2) is 9.97 Å². The van der Waals surface area contributed by atoms with Crippen LogP contribution in [-0.4, -0.2) is 35.6 Å². The molecular formula is C15H19N3O2. The first kappa shape index (κ1) is 14.4. The molecule has 0 bridgehead atoms. The monoisotopic (exact) mass is 273 g/mol. The lowest BCUT2D eigenvalue weighted by molar-refractivity contribution is 0.0905. The molecule has 1 N–H and O–H groups in total. The van der Waals surface area contributed by atoms with E-state index in [9.17, 15) is 4.79 Å². The largest absolute Gasteiger partial charge is 0.383 e. The number of nitrogens with zero attached hydrogens (tertiary/aromatic N) is 2. The predicted molar refractivity (Wildman–Crippen MR) is 77.8 cm³/mol. The van der Waals surface area contributed by atoms with Crippen LogP contribution < -0.4 is 5.32 Å². The summed E-state index contributed by atoms with van der Waals surface area (Å²) in [5.41, 5.74) is 3.90. The molecule has 20 heavy (non-hydrogen) atoms. The second kappa shape index (κ2) is 5.96. The minimum atomic E-state index is -0.128. The average molecular weight is 273 g/mol. The number of hydrogen-bond acceptors (Lipinski definition) is 4. The second-order valence-electron chi connectivity index (χ2n) is 4.93. The summed E-state index contributed by atoms with van der Waals surface area (Å²) in [6, 6.07) is 5.32. The standard InChI is InChI=1S/C15H19N3O2/c1-9(8-20-4)16-15(19)12-5-6-13-14(7-12)18-11(3)10(2)17-13/h5-7,9H,8H2,1-4H3,(H,16,19). The Bertz CT molecular complexity index is 640. The van der Waals surface area contributed by atoms with E-state index in [-0.39, 0.29) is 11.9 Å². The quantitative estimate of drug-likeness (QED) is 0.925. The Kier molecular flexibility index (Phi) is 4.29. The summed E-state index contributed by atoms with van der Waals surface area (Å²) >= 11 is 0. The van der Waals surface area contributed by atoms with Crippen molar-refractivity contribution in [3.8, 4) is 0 Å². The lowest BCUT2D eigenvalue weighted by Gasteiger charge is -2.13. The molecule has 5 nitrogen and oxygen atoms in total. The van der Waals surface area contributed by atoms with Crippen LogP contribution in [0.5, 0.6) is 0 Å². The third-order valence-electron chi connectivity index (χ3n) is 3.13. The highest BCUT2D eigenvalue weighted by Gasteiger charge is 2.11. The van der Waals surface area contributed by atoms with Gasteiger partial charge in [-0.1, -0.05) is 0 Å². The van der Waals surface area contributed by atoms with Gasteiger partial charge in [-0.15, -0.1) is 0 Å². The fourth-order valence-electron chi connectivity index (χ4n) is 1.97. The maximum absolute atomic E-state index is 12.1. The number of amides is 1. The van der Waals surface area contributed by atoms with Gasteiger partial charge in [0.25, 0.3) is 5.91 Å². The van der Waals surface area contributed by atoms with Gasteiger partial charge in [0.15, 0.2) is 0 Å². The SMILES string of the molecule is COCC(C)NC(=O)c1ccc2nc(C)c(C)nc2c1. The highest BCUT2D eigenvalue weighted by Crippen LogP contribution is 2.14. The van der Waals surface area contributed by atoms with Gasteiger partial charge < -0.3 is 10.1 Å². The third-order valence-corrected chi connectivity index (χ3v) is 3.13. The Morgan fingerprint density at radius 2 is 1.90 bits per heavy atom. The predicted octanol–water partition coefficient (Wildman–Crippen LogP) is 2.01. The van der Waals surface area contributed by atoms with Crippen LogP contribution in [0.3, 0.4) is 0 Å². The normalized spacial score (nSPS) is 12.4. The summed E-state index contributed by atoms with van der Waals surface area (Å²) in [4.78, 5) is 21.0. The van der Waals surface area contributed by atoms with E-state index < -0.39 is 0 Å². The highest BCUT2D eigenvalue weighted by molar-refractivity contribution is 5.97. The molecule has 0 saturated carbocycles. The first-order valence-electron chi connectivity index (χ1n) is 6.56. The molecule has 0 saturated heterocycles. The minimum Gasteiger partial charge on any atom is -0.383 e. The van der Waals surface area contributed by atoms with Gasteiger partial charge in [0, 0.05) is 18.7 Å². The summed E-state index contributed by atoms with van der Waals surface area (Å²) in [6.07, 6.45) is 0. The Balaban J connectivity index is 2.27. The van der Waals surface area contributed by atoms with E-state index in [1.807, 2.05) is 26.8 Å². The lowest BCUT2D eigenvalue weighted by Crippen LogP contribution is -2.35. The number of carbonyl (C=O) groups is 1. The van der Waals surface area contributed by atoms with Crippen molar-refractivity contribution in [3.05, 3.63) is 35.2 Å². The summed E-state index contributed by atoms with van der Waals surface area (Å²) in [5.74, 6) is -0.128. The van der Waals surface area contributed by atoms with E-state index >= 15 is 0 Å². The maximum atomic E-state index is 12.1. The van der Waals surface area contributed by atoms with Crippen LogP contribution in [-0.2, 0) is 4.74 Å². The summed E-state index contributed by atoms with van der Waals surface area (Å²) in [7, 11) is 1.61. The Hall–Kier alpha value is -2.01. The van der Waals surface area contributed by atoms with E-state index in [1.54, 1.807) is 19.2 Å². The second-order valence-corrected chi connectivity index (χ2v) is 4.93. The van der Waals surface area contributed by atoms with Crippen molar-refractivity contribution in [2.75, 3.05) is 13.7 Å². The molecule has 2 rings (SSSR count). The van der Waals surface area contributed by atoms with E-state index in [4.69, 9.17) is 4.74 Å². The molecule has 1 aromatic heterocycles. The number of aryl methyl sites for hydroxylation is 2. The third kappa shape index (κ3) is 3.11. The van der Waals surface area contributed by atoms with Gasteiger partial charge in [0.2, 0.25) is 0 Å². The van der Waals surface area contributed by atoms with E-state index in [0.717, 1.165) is 22.4 Å². The molecular weight excluding hydrogens is 254 g/mol. The molecule has 1 amide bonds. The van der Waals surface area contributed by atoms with Crippen molar-refractivity contribution in [2.45, 2.75) is 26.8 Å². The van der Waals surface area contributed by atoms with Gasteiger partial charge in [0.1, 0.15) is 0 Å². The number of carbonyl (C=O) groups excluding carboxylic acids is 1. The molecule has 1 aromatic carbocycles. The average Bonchev–Trinajstić information content (AvgIpc) is 2.39. The number of aromatic nitrogens is 2. The fraction of sp³-hybridized carbons (Fsp3) is 0.400. The number of nitrogens with one attached hydrogen (secondary N) is 1. The molecule has 1 unspecified atom stereocenters. The van der Waals surface area contributed by atoms with E-state index in [1.165, 1.54) is 0 Å². The first-order chi connectivity index (χ1) is 9.51. The van der Waals surface area contributed by atoms with Gasteiger partial charge in [-0.2, -0.15) is 0 Å². The maximum Gasteiger partial charge on any atom is 0.251 e. The molecule has 0 fully saturated rings. The zero-order chi connectivity index (χ0) is 14.7. The van der Waals surface area contributed by atoms with Crippen LogP contribution in [0.1, 0.15) is 28.7 Å². The van der Waals surface area contributed by atoms with Crippen molar-refractivity contribution in [2.24, 2.45) is 0 Å². The zero-order valence-electron chi connectivity index (χ0n) is 12.2. The molecule has 0 aliphatic rings. The number of ether oxygens (including phenoxy) is 1. The van der Waals surface area contributed by atoms with Gasteiger partial charge in [-0.05, 0) is 39.0 Å². The van der Waals surface area contributed by atoms with Crippen LogP contribution in [0.2, 0.25) is 0 Å². The van der Waals surface area contributed by atoms with Crippen LogP contribution >= 0.6 is 0 Å². The zero-order valence-corrected chi connectivity index (χ0v) is 12.2. The number of methoxy groups -OCH3 is 1. The van der Waals surface area contributed by atoms with Crippen molar-refractivity contribution < 1.29 is 9.53 Å². The molecule has 0 aliphatic carbocycles. The van der Waals surface area contributed by atoms with Crippen molar-refractivity contribution >= 4 is 16.9 Å². The summed E-state index contributed by atoms with van der Waals surface area (Å²) < 4.78 is 5.00. The van der Waals surface area contributed by atoms with E-state index in [0.29, 0.717) is 12.2 Å². The van der Waals surface area contributed by atoms with Gasteiger partial charge in [-0.3, -0.25) is 4.79 Å². The molecule has 0 spiro atoms. The van der Waals surface area contributed by atoms with Crippen molar-refractivity contribution in [3.63, 3.8) is 0 Å². The molecule has 2 aromatic rings. The minimum absolute atomic E-state index is 0.0333. The van der Waals surface area contributed by atoms with Crippen LogP contribution in [0, 0.1) is 13.8 Å². The van der Waals surface area contributed by atoms with Gasteiger partial charge >= 0.3 is 0 Å². The first-order valence-corrected chi connectivity index (χ1v) is 6.56. The topological polar surface area (TPSA) is 64.1 Å². The van der Waals surface area contributed by atoms with Gasteiger partial charge in [0.05, 0.1) is 29.0 Å². The Morgan fingerprint density at radius 3 is 2.55 bits per heavy atom. The van der Waals surface area contributed by atoms with Crippen molar-refractivity contribution in [1.29, 1.82) is 0 Å². The molecule has 0 aliphatic heterocycles. The highest BCUT2D eigenvalue weighted by atomic mass is 16.5. The molecule has 0 radical (unpaired) electrons. The number of fused-ring (bicyclic) bond motifs is 1. The number of benzene rings is 1. The Labute approximate surface area is 118 Å². The fourth-order valence-corrected chi connectivity index (χ4v) is 1.97. The molecule has 5 heteroatoms. The van der Waals surface area contributed by atoms with Crippen LogP contribution in [0.15, 0.2) is 18.2 Å². The number of rotatable bonds is 4. The van der Waals surface area contributed by atoms with E-state index in [2.05, 4.69) is 15.3 Å². The van der Waals surface area contributed by atoms with Crippen LogP contribution in [0.4, 0.5) is 0 Å². The summed E-state index contributed by atoms with van der Waals surface area (Å²) in [6.45, 7) is 6.22. The molecule has 1 atom stereocenters. The van der Waals surface area contributed by atoms with Crippen molar-refractivity contribution in [1.82, 2.24) is 15.3 Å². The molecule has 106 valence electrons. The smallest absolute Gasteiger partial charge is 0.251 e. The lowest BCUT2D eigenvalue weighted by atomic mass is 10.1. The Morgan fingerprint density at radius 1 is 1.25 bits per heavy atom. The molecule has 1 heterocycles. The van der Waals surface area contributed by atoms with Crippen LogP contribution in [0.25, 0.3) is 11.0 Å². The summed E-state index contributed by atoms with van der Waals surface area (Å²) in [5, 5.41) is 2.88. The number of hydrogen-bond donors (Lipinski definition) is 1.